The Morgan fingerprint density at radius 3 is 2.50 bits per heavy atom. The SMILES string of the molecule is COc1ccc([C@@H]2[C@@H]3C[C@@H](N(C)C)c4ccc(C)cc4C3=NN2C(C)=O)cc1. The van der Waals surface area contributed by atoms with Crippen LogP contribution in [0.5, 0.6) is 5.75 Å². The Hall–Kier alpha value is -2.66. The van der Waals surface area contributed by atoms with E-state index < -0.39 is 0 Å². The molecule has 2 aliphatic rings. The molecule has 5 nitrogen and oxygen atoms in total. The van der Waals surface area contributed by atoms with Crippen LogP contribution in [0.15, 0.2) is 47.6 Å². The van der Waals surface area contributed by atoms with Crippen molar-refractivity contribution in [3.63, 3.8) is 0 Å². The molecule has 0 fully saturated rings. The normalized spacial score (nSPS) is 23.3. The van der Waals surface area contributed by atoms with E-state index in [4.69, 9.17) is 9.84 Å². The van der Waals surface area contributed by atoms with Crippen molar-refractivity contribution in [3.05, 3.63) is 64.7 Å². The van der Waals surface area contributed by atoms with Gasteiger partial charge >= 0.3 is 0 Å². The quantitative estimate of drug-likeness (QED) is 0.814. The van der Waals surface area contributed by atoms with Gasteiger partial charge in [0.1, 0.15) is 5.75 Å². The Morgan fingerprint density at radius 1 is 1.18 bits per heavy atom. The maximum atomic E-state index is 12.5. The molecule has 2 aromatic carbocycles. The lowest BCUT2D eigenvalue weighted by Crippen LogP contribution is -2.35. The number of carbonyl (C=O) groups excluding carboxylic acids is 1. The molecular weight excluding hydrogens is 350 g/mol. The molecule has 2 aromatic rings. The number of hydrogen-bond acceptors (Lipinski definition) is 4. The summed E-state index contributed by atoms with van der Waals surface area (Å²) in [5.41, 5.74) is 5.81. The fourth-order valence-electron chi connectivity index (χ4n) is 4.55. The molecule has 0 N–H and O–H groups in total. The van der Waals surface area contributed by atoms with Crippen LogP contribution in [0, 0.1) is 12.8 Å². The summed E-state index contributed by atoms with van der Waals surface area (Å²) in [6.45, 7) is 3.70. The molecule has 1 aliphatic heterocycles. The molecule has 0 aromatic heterocycles. The van der Waals surface area contributed by atoms with Crippen LogP contribution in [0.4, 0.5) is 0 Å². The number of carbonyl (C=O) groups is 1. The van der Waals surface area contributed by atoms with E-state index in [2.05, 4.69) is 44.1 Å². The zero-order chi connectivity index (χ0) is 20.0. The van der Waals surface area contributed by atoms with Gasteiger partial charge in [0.05, 0.1) is 18.9 Å². The molecule has 1 aliphatic carbocycles. The van der Waals surface area contributed by atoms with Crippen molar-refractivity contribution in [2.45, 2.75) is 32.4 Å². The summed E-state index contributed by atoms with van der Waals surface area (Å²) in [5, 5.41) is 6.51. The number of hydrazone groups is 1. The zero-order valence-corrected chi connectivity index (χ0v) is 17.1. The number of benzene rings is 2. The number of ether oxygens (including phenoxy) is 1. The molecule has 1 amide bonds. The van der Waals surface area contributed by atoms with Crippen molar-refractivity contribution in [2.24, 2.45) is 11.0 Å². The molecule has 3 atom stereocenters. The van der Waals surface area contributed by atoms with Crippen LogP contribution in [0.2, 0.25) is 0 Å². The molecular formula is C23H27N3O2. The van der Waals surface area contributed by atoms with Crippen LogP contribution in [0.25, 0.3) is 0 Å². The fraction of sp³-hybridized carbons (Fsp3) is 0.391. The van der Waals surface area contributed by atoms with Crippen LogP contribution < -0.4 is 4.74 Å². The van der Waals surface area contributed by atoms with Crippen molar-refractivity contribution in [2.75, 3.05) is 21.2 Å². The van der Waals surface area contributed by atoms with E-state index in [9.17, 15) is 4.79 Å². The van der Waals surface area contributed by atoms with Gasteiger partial charge in [0.2, 0.25) is 5.91 Å². The fourth-order valence-corrected chi connectivity index (χ4v) is 4.55. The first-order valence-electron chi connectivity index (χ1n) is 9.70. The number of rotatable bonds is 3. The molecule has 0 unspecified atom stereocenters. The van der Waals surface area contributed by atoms with Gasteiger partial charge in [0.15, 0.2) is 0 Å². The molecule has 0 saturated heterocycles. The lowest BCUT2D eigenvalue weighted by molar-refractivity contribution is -0.131. The van der Waals surface area contributed by atoms with Gasteiger partial charge in [-0.05, 0) is 56.8 Å². The molecule has 0 bridgehead atoms. The van der Waals surface area contributed by atoms with E-state index in [1.54, 1.807) is 19.0 Å². The van der Waals surface area contributed by atoms with Crippen molar-refractivity contribution in [1.29, 1.82) is 0 Å². The molecule has 1 heterocycles. The molecule has 4 rings (SSSR count). The first kappa shape index (κ1) is 18.7. The summed E-state index contributed by atoms with van der Waals surface area (Å²) in [7, 11) is 5.91. The van der Waals surface area contributed by atoms with Gasteiger partial charge in [-0.1, -0.05) is 29.8 Å². The van der Waals surface area contributed by atoms with Gasteiger partial charge in [0, 0.05) is 24.4 Å². The van der Waals surface area contributed by atoms with Gasteiger partial charge in [-0.25, -0.2) is 5.01 Å². The summed E-state index contributed by atoms with van der Waals surface area (Å²) < 4.78 is 5.31. The van der Waals surface area contributed by atoms with Crippen molar-refractivity contribution >= 4 is 11.6 Å². The van der Waals surface area contributed by atoms with Gasteiger partial charge in [0.25, 0.3) is 0 Å². The van der Waals surface area contributed by atoms with E-state index in [-0.39, 0.29) is 17.9 Å². The minimum Gasteiger partial charge on any atom is -0.497 e. The molecule has 0 spiro atoms. The maximum absolute atomic E-state index is 12.5. The summed E-state index contributed by atoms with van der Waals surface area (Å²) in [6.07, 6.45) is 0.933. The molecule has 5 heteroatoms. The highest BCUT2D eigenvalue weighted by molar-refractivity contribution is 6.07. The van der Waals surface area contributed by atoms with Gasteiger partial charge in [-0.2, -0.15) is 5.10 Å². The summed E-state index contributed by atoms with van der Waals surface area (Å²) in [5.74, 6) is 0.949. The third-order valence-electron chi connectivity index (χ3n) is 5.94. The molecule has 0 radical (unpaired) electrons. The minimum absolute atomic E-state index is 0.0293. The Balaban J connectivity index is 1.83. The topological polar surface area (TPSA) is 45.1 Å². The Kier molecular flexibility index (Phi) is 4.71. The Labute approximate surface area is 166 Å². The predicted octanol–water partition coefficient (Wildman–Crippen LogP) is 3.93. The second-order valence-electron chi connectivity index (χ2n) is 7.98. The number of fused-ring (bicyclic) bond motifs is 3. The van der Waals surface area contributed by atoms with Gasteiger partial charge < -0.3 is 9.64 Å². The predicted molar refractivity (Wildman–Crippen MR) is 111 cm³/mol. The number of methoxy groups -OCH3 is 1. The summed E-state index contributed by atoms with van der Waals surface area (Å²) in [6, 6.07) is 14.8. The van der Waals surface area contributed by atoms with E-state index in [0.29, 0.717) is 6.04 Å². The molecule has 146 valence electrons. The first-order valence-corrected chi connectivity index (χ1v) is 9.70. The number of hydrogen-bond donors (Lipinski definition) is 0. The smallest absolute Gasteiger partial charge is 0.240 e. The van der Waals surface area contributed by atoms with E-state index >= 15 is 0 Å². The second-order valence-corrected chi connectivity index (χ2v) is 7.98. The number of aryl methyl sites for hydroxylation is 1. The van der Waals surface area contributed by atoms with Crippen molar-refractivity contribution in [1.82, 2.24) is 9.91 Å². The van der Waals surface area contributed by atoms with E-state index in [1.165, 1.54) is 16.7 Å². The lowest BCUT2D eigenvalue weighted by Gasteiger charge is -2.37. The Morgan fingerprint density at radius 2 is 1.89 bits per heavy atom. The third kappa shape index (κ3) is 3.00. The second kappa shape index (κ2) is 7.06. The highest BCUT2D eigenvalue weighted by Gasteiger charge is 2.46. The van der Waals surface area contributed by atoms with Crippen LogP contribution in [-0.2, 0) is 4.79 Å². The Bertz CT molecular complexity index is 933. The molecule has 0 saturated carbocycles. The van der Waals surface area contributed by atoms with Crippen molar-refractivity contribution in [3.8, 4) is 5.75 Å². The third-order valence-corrected chi connectivity index (χ3v) is 5.94. The average Bonchev–Trinajstić information content (AvgIpc) is 3.07. The average molecular weight is 377 g/mol. The summed E-state index contributed by atoms with van der Waals surface area (Å²) in [4.78, 5) is 14.7. The van der Waals surface area contributed by atoms with E-state index in [1.807, 2.05) is 24.3 Å². The van der Waals surface area contributed by atoms with Gasteiger partial charge in [-0.3, -0.25) is 4.79 Å². The minimum atomic E-state index is -0.0884. The number of amides is 1. The summed E-state index contributed by atoms with van der Waals surface area (Å²) >= 11 is 0. The molecule has 28 heavy (non-hydrogen) atoms. The highest BCUT2D eigenvalue weighted by atomic mass is 16.5. The first-order chi connectivity index (χ1) is 13.4. The highest BCUT2D eigenvalue weighted by Crippen LogP contribution is 2.48. The zero-order valence-electron chi connectivity index (χ0n) is 17.1. The van der Waals surface area contributed by atoms with Crippen LogP contribution >= 0.6 is 0 Å². The van der Waals surface area contributed by atoms with Crippen LogP contribution in [0.1, 0.15) is 47.7 Å². The lowest BCUT2D eigenvalue weighted by atomic mass is 9.74. The van der Waals surface area contributed by atoms with Crippen molar-refractivity contribution < 1.29 is 9.53 Å². The largest absolute Gasteiger partial charge is 0.497 e. The van der Waals surface area contributed by atoms with E-state index in [0.717, 1.165) is 23.4 Å². The monoisotopic (exact) mass is 377 g/mol. The standard InChI is InChI=1S/C23H27N3O2/c1-14-6-11-18-19(12-14)22-20(13-21(18)25(3)4)23(26(24-22)15(2)27)16-7-9-17(28-5)10-8-16/h6-12,20-21,23H,13H2,1-5H3/t20-,21-,23-/m1/s1. The van der Waals surface area contributed by atoms with Gasteiger partial charge in [-0.15, -0.1) is 0 Å². The van der Waals surface area contributed by atoms with Crippen LogP contribution in [0.3, 0.4) is 0 Å². The maximum Gasteiger partial charge on any atom is 0.240 e. The number of nitrogens with zero attached hydrogens (tertiary/aromatic N) is 3. The van der Waals surface area contributed by atoms with Crippen LogP contribution in [-0.4, -0.2) is 42.7 Å².